The summed E-state index contributed by atoms with van der Waals surface area (Å²) in [5.41, 5.74) is -0.554. The molecule has 0 spiro atoms. The fraction of sp³-hybridized carbons (Fsp3) is 0.500. The van der Waals surface area contributed by atoms with Crippen molar-refractivity contribution in [3.63, 3.8) is 0 Å². The van der Waals surface area contributed by atoms with Crippen LogP contribution in [0.15, 0.2) is 12.3 Å². The van der Waals surface area contributed by atoms with Crippen molar-refractivity contribution in [3.8, 4) is 0 Å². The molecule has 104 valence electrons. The number of carboxylic acid groups (broad SMARTS) is 1. The zero-order chi connectivity index (χ0) is 14.8. The number of aromatic nitrogens is 1. The largest absolute Gasteiger partial charge is 0.478 e. The van der Waals surface area contributed by atoms with E-state index in [1.54, 1.807) is 11.9 Å². The second-order valence-electron chi connectivity index (χ2n) is 5.55. The van der Waals surface area contributed by atoms with E-state index >= 15 is 0 Å². The minimum atomic E-state index is -1.24. The molecule has 7 nitrogen and oxygen atoms in total. The smallest absolute Gasteiger partial charge is 0.337 e. The maximum atomic E-state index is 11.0. The predicted octanol–water partition coefficient (Wildman–Crippen LogP) is 2.17. The third kappa shape index (κ3) is 3.90. The molecule has 1 N–H and O–H groups in total. The van der Waals surface area contributed by atoms with Gasteiger partial charge in [-0.05, 0) is 5.41 Å². The Labute approximate surface area is 111 Å². The van der Waals surface area contributed by atoms with Gasteiger partial charge in [0.25, 0.3) is 0 Å². The number of anilines is 1. The van der Waals surface area contributed by atoms with E-state index in [1.807, 2.05) is 20.8 Å². The first-order chi connectivity index (χ1) is 8.61. The summed E-state index contributed by atoms with van der Waals surface area (Å²) in [5, 5.41) is 19.8. The standard InChI is InChI=1S/C12H17N3O4/c1-12(2,3)7-14(4)10-9(15(18)19)5-8(6-13-10)11(16)17/h5-6H,7H2,1-4H3,(H,16,17). The molecule has 1 aromatic heterocycles. The Morgan fingerprint density at radius 3 is 2.53 bits per heavy atom. The Bertz CT molecular complexity index is 508. The van der Waals surface area contributed by atoms with E-state index in [-0.39, 0.29) is 22.5 Å². The first-order valence-corrected chi connectivity index (χ1v) is 5.70. The van der Waals surface area contributed by atoms with Crippen molar-refractivity contribution in [2.24, 2.45) is 5.41 Å². The number of carbonyl (C=O) groups is 1. The van der Waals surface area contributed by atoms with Crippen LogP contribution in [0.3, 0.4) is 0 Å². The molecule has 0 amide bonds. The first-order valence-electron chi connectivity index (χ1n) is 5.70. The Morgan fingerprint density at radius 2 is 2.11 bits per heavy atom. The van der Waals surface area contributed by atoms with E-state index in [9.17, 15) is 14.9 Å². The van der Waals surface area contributed by atoms with Crippen LogP contribution in [0.25, 0.3) is 0 Å². The third-order valence-corrected chi connectivity index (χ3v) is 2.36. The molecule has 19 heavy (non-hydrogen) atoms. The highest BCUT2D eigenvalue weighted by Crippen LogP contribution is 2.28. The van der Waals surface area contributed by atoms with Gasteiger partial charge in [0.15, 0.2) is 0 Å². The molecular weight excluding hydrogens is 250 g/mol. The van der Waals surface area contributed by atoms with Crippen LogP contribution in [0.1, 0.15) is 31.1 Å². The summed E-state index contributed by atoms with van der Waals surface area (Å²) >= 11 is 0. The molecular formula is C12H17N3O4. The zero-order valence-electron chi connectivity index (χ0n) is 11.4. The normalized spacial score (nSPS) is 11.2. The number of pyridine rings is 1. The lowest BCUT2D eigenvalue weighted by Crippen LogP contribution is -2.30. The summed E-state index contributed by atoms with van der Waals surface area (Å²) in [6, 6.07) is 1.03. The highest BCUT2D eigenvalue weighted by Gasteiger charge is 2.24. The molecule has 0 unspecified atom stereocenters. The third-order valence-electron chi connectivity index (χ3n) is 2.36. The molecule has 0 aliphatic heterocycles. The van der Waals surface area contributed by atoms with Gasteiger partial charge in [-0.2, -0.15) is 0 Å². The van der Waals surface area contributed by atoms with Crippen LogP contribution in [0.2, 0.25) is 0 Å². The van der Waals surface area contributed by atoms with Crippen LogP contribution in [0.5, 0.6) is 0 Å². The van der Waals surface area contributed by atoms with Gasteiger partial charge in [-0.25, -0.2) is 9.78 Å². The van der Waals surface area contributed by atoms with E-state index < -0.39 is 10.9 Å². The van der Waals surface area contributed by atoms with Gasteiger partial charge in [0.05, 0.1) is 10.5 Å². The van der Waals surface area contributed by atoms with Crippen LogP contribution in [0.4, 0.5) is 11.5 Å². The van der Waals surface area contributed by atoms with Gasteiger partial charge in [0, 0.05) is 25.9 Å². The summed E-state index contributed by atoms with van der Waals surface area (Å²) in [7, 11) is 1.70. The molecule has 0 fully saturated rings. The quantitative estimate of drug-likeness (QED) is 0.663. The summed E-state index contributed by atoms with van der Waals surface area (Å²) < 4.78 is 0. The molecule has 0 saturated carbocycles. The van der Waals surface area contributed by atoms with E-state index in [0.29, 0.717) is 6.54 Å². The van der Waals surface area contributed by atoms with Crippen molar-refractivity contribution in [1.82, 2.24) is 4.98 Å². The van der Waals surface area contributed by atoms with Gasteiger partial charge in [0.1, 0.15) is 0 Å². The fourth-order valence-electron chi connectivity index (χ4n) is 1.78. The summed E-state index contributed by atoms with van der Waals surface area (Å²) in [4.78, 5) is 26.8. The lowest BCUT2D eigenvalue weighted by Gasteiger charge is -2.27. The second kappa shape index (κ2) is 5.21. The van der Waals surface area contributed by atoms with E-state index in [0.717, 1.165) is 12.3 Å². The van der Waals surface area contributed by atoms with Gasteiger partial charge in [-0.3, -0.25) is 10.1 Å². The molecule has 1 aromatic rings. The minimum Gasteiger partial charge on any atom is -0.478 e. The first kappa shape index (κ1) is 14.9. The molecule has 0 radical (unpaired) electrons. The Hall–Kier alpha value is -2.18. The molecule has 0 aromatic carbocycles. The lowest BCUT2D eigenvalue weighted by molar-refractivity contribution is -0.384. The van der Waals surface area contributed by atoms with Gasteiger partial charge >= 0.3 is 11.7 Å². The highest BCUT2D eigenvalue weighted by atomic mass is 16.6. The lowest BCUT2D eigenvalue weighted by atomic mass is 9.96. The second-order valence-corrected chi connectivity index (χ2v) is 5.55. The Balaban J connectivity index is 3.20. The average molecular weight is 267 g/mol. The number of aromatic carboxylic acids is 1. The van der Waals surface area contributed by atoms with Crippen LogP contribution < -0.4 is 4.90 Å². The van der Waals surface area contributed by atoms with Gasteiger partial charge < -0.3 is 10.0 Å². The van der Waals surface area contributed by atoms with E-state index in [4.69, 9.17) is 5.11 Å². The summed E-state index contributed by atoms with van der Waals surface area (Å²) in [5.74, 6) is -1.06. The van der Waals surface area contributed by atoms with Gasteiger partial charge in [-0.15, -0.1) is 0 Å². The predicted molar refractivity (Wildman–Crippen MR) is 70.6 cm³/mol. The molecule has 0 saturated heterocycles. The number of hydrogen-bond acceptors (Lipinski definition) is 5. The molecule has 0 aliphatic rings. The van der Waals surface area contributed by atoms with Crippen LogP contribution >= 0.6 is 0 Å². The monoisotopic (exact) mass is 267 g/mol. The topological polar surface area (TPSA) is 96.6 Å². The number of hydrogen-bond donors (Lipinski definition) is 1. The van der Waals surface area contributed by atoms with Crippen LogP contribution in [0, 0.1) is 15.5 Å². The molecule has 1 rings (SSSR count). The zero-order valence-corrected chi connectivity index (χ0v) is 11.4. The average Bonchev–Trinajstić information content (AvgIpc) is 2.25. The van der Waals surface area contributed by atoms with Gasteiger partial charge in [-0.1, -0.05) is 20.8 Å². The van der Waals surface area contributed by atoms with Crippen molar-refractivity contribution in [2.45, 2.75) is 20.8 Å². The molecule has 7 heteroatoms. The fourth-order valence-corrected chi connectivity index (χ4v) is 1.78. The van der Waals surface area contributed by atoms with E-state index in [1.165, 1.54) is 0 Å². The van der Waals surface area contributed by atoms with Gasteiger partial charge in [0.2, 0.25) is 5.82 Å². The van der Waals surface area contributed by atoms with Crippen LogP contribution in [-0.2, 0) is 0 Å². The minimum absolute atomic E-state index is 0.0598. The van der Waals surface area contributed by atoms with Crippen molar-refractivity contribution in [2.75, 3.05) is 18.5 Å². The number of nitro groups is 1. The van der Waals surface area contributed by atoms with Crippen molar-refractivity contribution in [1.29, 1.82) is 0 Å². The van der Waals surface area contributed by atoms with Crippen LogP contribution in [-0.4, -0.2) is 34.6 Å². The maximum absolute atomic E-state index is 11.0. The molecule has 0 aliphatic carbocycles. The molecule has 0 bridgehead atoms. The Morgan fingerprint density at radius 1 is 1.53 bits per heavy atom. The summed E-state index contributed by atoms with van der Waals surface area (Å²) in [6.07, 6.45) is 1.13. The molecule has 0 atom stereocenters. The number of carboxylic acids is 1. The van der Waals surface area contributed by atoms with Crippen molar-refractivity contribution < 1.29 is 14.8 Å². The SMILES string of the molecule is CN(CC(C)(C)C)c1ncc(C(=O)O)cc1[N+](=O)[O-]. The Kier molecular flexibility index (Phi) is 4.08. The molecule has 1 heterocycles. The van der Waals surface area contributed by atoms with Crippen molar-refractivity contribution in [3.05, 3.63) is 27.9 Å². The van der Waals surface area contributed by atoms with Crippen molar-refractivity contribution >= 4 is 17.5 Å². The number of rotatable bonds is 4. The number of nitrogens with zero attached hydrogens (tertiary/aromatic N) is 3. The van der Waals surface area contributed by atoms with E-state index in [2.05, 4.69) is 4.98 Å². The maximum Gasteiger partial charge on any atom is 0.337 e. The summed E-state index contributed by atoms with van der Waals surface area (Å²) in [6.45, 7) is 6.57. The highest BCUT2D eigenvalue weighted by molar-refractivity contribution is 5.88.